The number of carbonyl (C=O) groups excluding carboxylic acids is 1. The molecule has 2 rings (SSSR count). The van der Waals surface area contributed by atoms with Gasteiger partial charge in [0, 0.05) is 31.2 Å². The zero-order valence-corrected chi connectivity index (χ0v) is 15.6. The first-order valence-corrected chi connectivity index (χ1v) is 9.59. The normalized spacial score (nSPS) is 27.9. The molecule has 1 saturated carbocycles. The second-order valence-electron chi connectivity index (χ2n) is 7.84. The molecule has 1 aliphatic heterocycles. The minimum atomic E-state index is -0.163. The molecule has 140 valence electrons. The highest BCUT2D eigenvalue weighted by molar-refractivity contribution is 5.74. The summed E-state index contributed by atoms with van der Waals surface area (Å²) < 4.78 is 0. The maximum atomic E-state index is 12.1. The highest BCUT2D eigenvalue weighted by atomic mass is 16.3. The van der Waals surface area contributed by atoms with Gasteiger partial charge in [-0.1, -0.05) is 12.8 Å². The second kappa shape index (κ2) is 9.59. The second-order valence-corrected chi connectivity index (χ2v) is 7.84. The van der Waals surface area contributed by atoms with E-state index in [1.165, 1.54) is 6.42 Å². The number of amides is 2. The monoisotopic (exact) mass is 340 g/mol. The summed E-state index contributed by atoms with van der Waals surface area (Å²) in [4.78, 5) is 16.7. The van der Waals surface area contributed by atoms with Crippen LogP contribution in [-0.2, 0) is 0 Å². The third-order valence-electron chi connectivity index (χ3n) is 5.41. The van der Waals surface area contributed by atoms with Crippen LogP contribution < -0.4 is 10.6 Å². The average Bonchev–Trinajstić information content (AvgIpc) is 2.54. The Balaban J connectivity index is 1.66. The molecule has 0 radical (unpaired) electrons. The van der Waals surface area contributed by atoms with Crippen LogP contribution in [-0.4, -0.2) is 78.9 Å². The van der Waals surface area contributed by atoms with Gasteiger partial charge in [0.2, 0.25) is 0 Å². The van der Waals surface area contributed by atoms with Crippen molar-refractivity contribution in [2.45, 2.75) is 76.1 Å². The van der Waals surface area contributed by atoms with E-state index in [1.807, 2.05) is 14.1 Å². The number of piperidine rings is 1. The first kappa shape index (κ1) is 19.5. The zero-order chi connectivity index (χ0) is 17.5. The molecule has 0 bridgehead atoms. The van der Waals surface area contributed by atoms with E-state index in [9.17, 15) is 9.90 Å². The molecule has 2 aliphatic rings. The minimum absolute atomic E-state index is 0.0441. The molecule has 24 heavy (non-hydrogen) atoms. The largest absolute Gasteiger partial charge is 0.391 e. The van der Waals surface area contributed by atoms with Gasteiger partial charge < -0.3 is 20.6 Å². The lowest BCUT2D eigenvalue weighted by Crippen LogP contribution is -2.53. The standard InChI is InChI=1S/C18H36N4O2/c1-14(8-11-21(2)3)19-18(24)20-15-9-12-22(13-10-15)16-6-4-5-7-17(16)23/h14-17,23H,4-13H2,1-3H3,(H2,19,20,24). The zero-order valence-electron chi connectivity index (χ0n) is 15.6. The topological polar surface area (TPSA) is 67.8 Å². The fraction of sp³-hybridized carbons (Fsp3) is 0.944. The summed E-state index contributed by atoms with van der Waals surface area (Å²) in [5, 5.41) is 16.3. The average molecular weight is 341 g/mol. The molecule has 0 aromatic heterocycles. The molecular weight excluding hydrogens is 304 g/mol. The number of aliphatic hydroxyl groups is 1. The van der Waals surface area contributed by atoms with E-state index in [0.717, 1.165) is 58.2 Å². The van der Waals surface area contributed by atoms with Crippen LogP contribution in [0.5, 0.6) is 0 Å². The van der Waals surface area contributed by atoms with E-state index in [0.29, 0.717) is 6.04 Å². The SMILES string of the molecule is CC(CCN(C)C)NC(=O)NC1CCN(C2CCCCC2O)CC1. The summed E-state index contributed by atoms with van der Waals surface area (Å²) in [6, 6.07) is 0.727. The molecule has 1 heterocycles. The summed E-state index contributed by atoms with van der Waals surface area (Å²) in [5.41, 5.74) is 0. The quantitative estimate of drug-likeness (QED) is 0.684. The van der Waals surface area contributed by atoms with E-state index >= 15 is 0 Å². The van der Waals surface area contributed by atoms with E-state index in [2.05, 4.69) is 27.4 Å². The highest BCUT2D eigenvalue weighted by Gasteiger charge is 2.31. The number of likely N-dealkylation sites (tertiary alicyclic amines) is 1. The Bertz CT molecular complexity index is 383. The Morgan fingerprint density at radius 1 is 1.21 bits per heavy atom. The fourth-order valence-electron chi connectivity index (χ4n) is 3.87. The van der Waals surface area contributed by atoms with Crippen LogP contribution in [0.1, 0.15) is 51.9 Å². The van der Waals surface area contributed by atoms with E-state index in [-0.39, 0.29) is 24.2 Å². The predicted octanol–water partition coefficient (Wildman–Crippen LogP) is 1.39. The van der Waals surface area contributed by atoms with Crippen molar-refractivity contribution in [2.75, 3.05) is 33.7 Å². The summed E-state index contributed by atoms with van der Waals surface area (Å²) in [5.74, 6) is 0. The summed E-state index contributed by atoms with van der Waals surface area (Å²) in [7, 11) is 4.09. The smallest absolute Gasteiger partial charge is 0.315 e. The summed E-state index contributed by atoms with van der Waals surface area (Å²) >= 11 is 0. The molecule has 0 spiro atoms. The van der Waals surface area contributed by atoms with Crippen molar-refractivity contribution in [1.82, 2.24) is 20.4 Å². The van der Waals surface area contributed by atoms with Gasteiger partial charge in [-0.05, 0) is 59.7 Å². The van der Waals surface area contributed by atoms with Crippen LogP contribution in [0.4, 0.5) is 4.79 Å². The molecule has 0 aromatic rings. The Morgan fingerprint density at radius 2 is 1.88 bits per heavy atom. The summed E-state index contributed by atoms with van der Waals surface area (Å²) in [6.45, 7) is 4.98. The van der Waals surface area contributed by atoms with E-state index in [4.69, 9.17) is 0 Å². The number of hydrogen-bond donors (Lipinski definition) is 3. The van der Waals surface area contributed by atoms with Crippen molar-refractivity contribution in [2.24, 2.45) is 0 Å². The van der Waals surface area contributed by atoms with Gasteiger partial charge >= 0.3 is 6.03 Å². The highest BCUT2D eigenvalue weighted by Crippen LogP contribution is 2.25. The van der Waals surface area contributed by atoms with Gasteiger partial charge in [-0.25, -0.2) is 4.79 Å². The lowest BCUT2D eigenvalue weighted by molar-refractivity contribution is 0.00775. The lowest BCUT2D eigenvalue weighted by atomic mass is 9.89. The van der Waals surface area contributed by atoms with Crippen molar-refractivity contribution < 1.29 is 9.90 Å². The molecule has 2 amide bonds. The van der Waals surface area contributed by atoms with Crippen LogP contribution in [0.2, 0.25) is 0 Å². The van der Waals surface area contributed by atoms with Crippen molar-refractivity contribution in [3.8, 4) is 0 Å². The van der Waals surface area contributed by atoms with E-state index in [1.54, 1.807) is 0 Å². The molecular formula is C18H36N4O2. The molecule has 1 aliphatic carbocycles. The van der Waals surface area contributed by atoms with Gasteiger partial charge in [-0.3, -0.25) is 4.90 Å². The molecule has 6 heteroatoms. The third kappa shape index (κ3) is 6.22. The maximum absolute atomic E-state index is 12.1. The molecule has 0 aromatic carbocycles. The van der Waals surface area contributed by atoms with Gasteiger partial charge in [0.05, 0.1) is 6.10 Å². The van der Waals surface area contributed by atoms with Gasteiger partial charge in [-0.2, -0.15) is 0 Å². The number of nitrogens with one attached hydrogen (secondary N) is 2. The Kier molecular flexibility index (Phi) is 7.78. The predicted molar refractivity (Wildman–Crippen MR) is 97.2 cm³/mol. The van der Waals surface area contributed by atoms with Crippen LogP contribution in [0.3, 0.4) is 0 Å². The maximum Gasteiger partial charge on any atom is 0.315 e. The molecule has 2 fully saturated rings. The first-order chi connectivity index (χ1) is 11.5. The van der Waals surface area contributed by atoms with Crippen LogP contribution >= 0.6 is 0 Å². The number of hydrogen-bond acceptors (Lipinski definition) is 4. The van der Waals surface area contributed by atoms with Crippen molar-refractivity contribution in [3.63, 3.8) is 0 Å². The van der Waals surface area contributed by atoms with Gasteiger partial charge in [0.1, 0.15) is 0 Å². The molecule has 3 unspecified atom stereocenters. The van der Waals surface area contributed by atoms with Gasteiger partial charge in [0.25, 0.3) is 0 Å². The summed E-state index contributed by atoms with van der Waals surface area (Å²) in [6.07, 6.45) is 7.18. The van der Waals surface area contributed by atoms with Gasteiger partial charge in [-0.15, -0.1) is 0 Å². The number of urea groups is 1. The number of nitrogens with zero attached hydrogens (tertiary/aromatic N) is 2. The number of carbonyl (C=O) groups is 1. The van der Waals surface area contributed by atoms with Gasteiger partial charge in [0.15, 0.2) is 0 Å². The first-order valence-electron chi connectivity index (χ1n) is 9.59. The molecule has 3 atom stereocenters. The third-order valence-corrected chi connectivity index (χ3v) is 5.41. The van der Waals surface area contributed by atoms with Crippen molar-refractivity contribution in [3.05, 3.63) is 0 Å². The number of aliphatic hydroxyl groups excluding tert-OH is 1. The molecule has 6 nitrogen and oxygen atoms in total. The lowest BCUT2D eigenvalue weighted by Gasteiger charge is -2.41. The Labute approximate surface area is 147 Å². The van der Waals surface area contributed by atoms with E-state index < -0.39 is 0 Å². The number of rotatable bonds is 6. The fourth-order valence-corrected chi connectivity index (χ4v) is 3.87. The van der Waals surface area contributed by atoms with Crippen LogP contribution in [0.25, 0.3) is 0 Å². The minimum Gasteiger partial charge on any atom is -0.391 e. The van der Waals surface area contributed by atoms with Crippen molar-refractivity contribution in [1.29, 1.82) is 0 Å². The van der Waals surface area contributed by atoms with Crippen molar-refractivity contribution >= 4 is 6.03 Å². The Hall–Kier alpha value is -0.850. The Morgan fingerprint density at radius 3 is 2.50 bits per heavy atom. The molecule has 3 N–H and O–H groups in total. The van der Waals surface area contributed by atoms with Crippen LogP contribution in [0, 0.1) is 0 Å². The van der Waals surface area contributed by atoms with Crippen LogP contribution in [0.15, 0.2) is 0 Å². The molecule has 1 saturated heterocycles.